The fraction of sp³-hybridized carbons (Fsp3) is 0.280. The zero-order valence-corrected chi connectivity index (χ0v) is 17.1. The second-order valence-electron chi connectivity index (χ2n) is 7.50. The molecule has 4 heteroatoms. The van der Waals surface area contributed by atoms with Crippen LogP contribution in [0.15, 0.2) is 71.7 Å². The fourth-order valence-electron chi connectivity index (χ4n) is 3.97. The van der Waals surface area contributed by atoms with Crippen molar-refractivity contribution in [3.05, 3.63) is 72.3 Å². The number of nitrogens with zero attached hydrogens (tertiary/aromatic N) is 3. The van der Waals surface area contributed by atoms with Gasteiger partial charge in [0.25, 0.3) is 5.91 Å². The molecule has 0 N–H and O–H groups in total. The predicted molar refractivity (Wildman–Crippen MR) is 121 cm³/mol. The van der Waals surface area contributed by atoms with Gasteiger partial charge in [0.05, 0.1) is 18.0 Å². The number of fused-ring (bicyclic) bond motifs is 2. The Labute approximate surface area is 172 Å². The lowest BCUT2D eigenvalue weighted by Gasteiger charge is -2.27. The minimum absolute atomic E-state index is 0.0171. The summed E-state index contributed by atoms with van der Waals surface area (Å²) in [6.45, 7) is 6.92. The maximum absolute atomic E-state index is 13.3. The molecule has 0 aromatic heterocycles. The molecule has 1 amide bonds. The number of hydrogen-bond acceptors (Lipinski definition) is 3. The molecule has 0 atom stereocenters. The van der Waals surface area contributed by atoms with Crippen molar-refractivity contribution in [1.82, 2.24) is 4.90 Å². The van der Waals surface area contributed by atoms with Crippen LogP contribution in [-0.2, 0) is 4.79 Å². The Morgan fingerprint density at radius 3 is 2.31 bits per heavy atom. The lowest BCUT2D eigenvalue weighted by molar-refractivity contribution is -0.112. The molecule has 3 aromatic rings. The number of carbonyl (C=O) groups is 1. The molecule has 3 aromatic carbocycles. The average Bonchev–Trinajstić information content (AvgIpc) is 3.00. The number of aliphatic imine (C=N–C) groups is 1. The Hall–Kier alpha value is -2.98. The van der Waals surface area contributed by atoms with E-state index in [9.17, 15) is 4.79 Å². The molecule has 0 fully saturated rings. The number of hydrogen-bond donors (Lipinski definition) is 0. The summed E-state index contributed by atoms with van der Waals surface area (Å²) in [5.74, 6) is -0.0171. The molecule has 0 radical (unpaired) electrons. The molecular weight excluding hydrogens is 358 g/mol. The first-order valence-electron chi connectivity index (χ1n) is 10.4. The molecule has 29 heavy (non-hydrogen) atoms. The van der Waals surface area contributed by atoms with Crippen molar-refractivity contribution < 1.29 is 4.79 Å². The quantitative estimate of drug-likeness (QED) is 0.547. The van der Waals surface area contributed by atoms with Crippen molar-refractivity contribution in [3.8, 4) is 0 Å². The van der Waals surface area contributed by atoms with Crippen LogP contribution in [-0.4, -0.2) is 36.3 Å². The van der Waals surface area contributed by atoms with Gasteiger partial charge in [-0.15, -0.1) is 0 Å². The Kier molecular flexibility index (Phi) is 5.72. The van der Waals surface area contributed by atoms with E-state index in [0.29, 0.717) is 12.4 Å². The lowest BCUT2D eigenvalue weighted by atomic mass is 10.1. The number of carbonyl (C=O) groups excluding carboxylic acids is 1. The molecule has 0 saturated carbocycles. The lowest BCUT2D eigenvalue weighted by Crippen LogP contribution is -2.41. The minimum Gasteiger partial charge on any atom is -0.293 e. The van der Waals surface area contributed by atoms with E-state index in [1.165, 1.54) is 5.39 Å². The highest BCUT2D eigenvalue weighted by Gasteiger charge is 2.34. The molecule has 0 unspecified atom stereocenters. The number of anilines is 1. The zero-order chi connectivity index (χ0) is 20.2. The van der Waals surface area contributed by atoms with Gasteiger partial charge in [-0.25, -0.2) is 4.99 Å². The van der Waals surface area contributed by atoms with Gasteiger partial charge in [-0.05, 0) is 54.9 Å². The second kappa shape index (κ2) is 8.58. The summed E-state index contributed by atoms with van der Waals surface area (Å²) in [4.78, 5) is 22.3. The van der Waals surface area contributed by atoms with Crippen LogP contribution in [0.25, 0.3) is 10.8 Å². The normalized spacial score (nSPS) is 14.9. The summed E-state index contributed by atoms with van der Waals surface area (Å²) in [6, 6.07) is 22.3. The van der Waals surface area contributed by atoms with E-state index in [-0.39, 0.29) is 5.91 Å². The molecule has 0 spiro atoms. The van der Waals surface area contributed by atoms with Crippen LogP contribution in [0.3, 0.4) is 0 Å². The third kappa shape index (κ3) is 3.94. The number of para-hydroxylation sites is 1. The Morgan fingerprint density at radius 2 is 1.55 bits per heavy atom. The smallest absolute Gasteiger partial charge is 0.278 e. The van der Waals surface area contributed by atoms with Gasteiger partial charge in [0.15, 0.2) is 0 Å². The summed E-state index contributed by atoms with van der Waals surface area (Å²) >= 11 is 0. The molecule has 0 aliphatic carbocycles. The molecular formula is C25H27N3O. The van der Waals surface area contributed by atoms with Gasteiger partial charge < -0.3 is 0 Å². The Morgan fingerprint density at radius 1 is 0.862 bits per heavy atom. The van der Waals surface area contributed by atoms with Crippen molar-refractivity contribution in [1.29, 1.82) is 0 Å². The zero-order valence-electron chi connectivity index (χ0n) is 17.1. The van der Waals surface area contributed by atoms with Gasteiger partial charge in [0.1, 0.15) is 5.71 Å². The maximum Gasteiger partial charge on any atom is 0.278 e. The Bertz CT molecular complexity index is 1050. The summed E-state index contributed by atoms with van der Waals surface area (Å²) in [5, 5.41) is 2.30. The van der Waals surface area contributed by atoms with E-state index in [4.69, 9.17) is 4.99 Å². The van der Waals surface area contributed by atoms with Crippen LogP contribution in [0, 0.1) is 0 Å². The highest BCUT2D eigenvalue weighted by atomic mass is 16.2. The first-order valence-corrected chi connectivity index (χ1v) is 10.4. The van der Waals surface area contributed by atoms with Gasteiger partial charge in [-0.2, -0.15) is 0 Å². The topological polar surface area (TPSA) is 35.9 Å². The molecule has 148 valence electrons. The second-order valence-corrected chi connectivity index (χ2v) is 7.50. The van der Waals surface area contributed by atoms with Crippen molar-refractivity contribution in [3.63, 3.8) is 0 Å². The van der Waals surface area contributed by atoms with Crippen molar-refractivity contribution in [2.75, 3.05) is 24.7 Å². The van der Waals surface area contributed by atoms with E-state index >= 15 is 0 Å². The van der Waals surface area contributed by atoms with Crippen molar-refractivity contribution in [2.24, 2.45) is 4.99 Å². The highest BCUT2D eigenvalue weighted by molar-refractivity contribution is 6.54. The summed E-state index contributed by atoms with van der Waals surface area (Å²) < 4.78 is 0. The van der Waals surface area contributed by atoms with Gasteiger partial charge in [0, 0.05) is 5.56 Å². The van der Waals surface area contributed by atoms with Crippen molar-refractivity contribution >= 4 is 33.8 Å². The summed E-state index contributed by atoms with van der Waals surface area (Å²) in [6.07, 6.45) is 2.14. The number of benzene rings is 3. The van der Waals surface area contributed by atoms with E-state index in [1.807, 2.05) is 53.4 Å². The summed E-state index contributed by atoms with van der Waals surface area (Å²) in [5.41, 5.74) is 3.21. The molecule has 0 saturated heterocycles. The van der Waals surface area contributed by atoms with Crippen LogP contribution >= 0.6 is 0 Å². The van der Waals surface area contributed by atoms with Crippen LogP contribution < -0.4 is 4.90 Å². The third-order valence-electron chi connectivity index (χ3n) is 5.29. The molecule has 4 nitrogen and oxygen atoms in total. The van der Waals surface area contributed by atoms with Crippen LogP contribution in [0.4, 0.5) is 11.4 Å². The van der Waals surface area contributed by atoms with Gasteiger partial charge in [-0.3, -0.25) is 14.6 Å². The molecule has 1 aliphatic rings. The average molecular weight is 386 g/mol. The molecule has 1 heterocycles. The highest BCUT2D eigenvalue weighted by Crippen LogP contribution is 2.31. The number of amides is 1. The maximum atomic E-state index is 13.3. The van der Waals surface area contributed by atoms with Gasteiger partial charge in [-0.1, -0.05) is 62.4 Å². The predicted octanol–water partition coefficient (Wildman–Crippen LogP) is 5.39. The third-order valence-corrected chi connectivity index (χ3v) is 5.29. The molecule has 4 rings (SSSR count). The van der Waals surface area contributed by atoms with E-state index < -0.39 is 0 Å². The SMILES string of the molecule is CCCN(CCC)CN1C(=O)C(=Nc2ccc3ccccc3c2)c2ccccc21. The minimum atomic E-state index is -0.0171. The van der Waals surface area contributed by atoms with Crippen LogP contribution in [0.2, 0.25) is 0 Å². The van der Waals surface area contributed by atoms with E-state index in [0.717, 1.165) is 48.3 Å². The van der Waals surface area contributed by atoms with E-state index in [2.05, 4.69) is 36.9 Å². The van der Waals surface area contributed by atoms with Crippen LogP contribution in [0.5, 0.6) is 0 Å². The monoisotopic (exact) mass is 385 g/mol. The van der Waals surface area contributed by atoms with Crippen LogP contribution in [0.1, 0.15) is 32.3 Å². The van der Waals surface area contributed by atoms with E-state index in [1.54, 1.807) is 0 Å². The van der Waals surface area contributed by atoms with Crippen molar-refractivity contribution in [2.45, 2.75) is 26.7 Å². The Balaban J connectivity index is 1.70. The first-order chi connectivity index (χ1) is 14.2. The molecule has 0 bridgehead atoms. The van der Waals surface area contributed by atoms with Gasteiger partial charge in [0.2, 0.25) is 0 Å². The standard InChI is InChI=1S/C25H27N3O/c1-3-15-27(16-4-2)18-28-23-12-8-7-11-22(23)24(25(28)29)26-21-14-13-19-9-5-6-10-20(19)17-21/h5-14,17H,3-4,15-16,18H2,1-2H3. The van der Waals surface area contributed by atoms with Gasteiger partial charge >= 0.3 is 0 Å². The fourth-order valence-corrected chi connectivity index (χ4v) is 3.97. The first kappa shape index (κ1) is 19.3. The largest absolute Gasteiger partial charge is 0.293 e. The molecule has 1 aliphatic heterocycles. The number of rotatable bonds is 7. The summed E-state index contributed by atoms with van der Waals surface area (Å²) in [7, 11) is 0.